The van der Waals surface area contributed by atoms with Crippen LogP contribution in [0.2, 0.25) is 0 Å². The van der Waals surface area contributed by atoms with E-state index in [9.17, 15) is 10.3 Å². The highest BCUT2D eigenvalue weighted by Crippen LogP contribution is 2.34. The number of ether oxygens (including phenoxy) is 2. The summed E-state index contributed by atoms with van der Waals surface area (Å²) in [5, 5.41) is 23.0. The lowest BCUT2D eigenvalue weighted by molar-refractivity contribution is -0.0955. The fourth-order valence-corrected chi connectivity index (χ4v) is 3.27. The summed E-state index contributed by atoms with van der Waals surface area (Å²) in [5.74, 6) is 0. The largest absolute Gasteiger partial charge is 0.783 e. The number of benzene rings is 1. The van der Waals surface area contributed by atoms with Gasteiger partial charge in [0.05, 0.1) is 17.2 Å². The standard InChI is InChI=1S/C19H26NO4S/c1-5-23-18(21)17-11-10-16(25-17)15-9-7-6-8-14(15)12-20(22)13-24-19(2,3)4/h6-11,18,21H,5,12-13H2,1-4H3/q-1. The molecule has 1 atom stereocenters. The quantitative estimate of drug-likeness (QED) is 0.551. The molecule has 2 aromatic rings. The predicted octanol–water partition coefficient (Wildman–Crippen LogP) is 4.51. The number of thiophene rings is 1. The van der Waals surface area contributed by atoms with Gasteiger partial charge in [0.2, 0.25) is 0 Å². The van der Waals surface area contributed by atoms with E-state index < -0.39 is 6.29 Å². The third-order valence-electron chi connectivity index (χ3n) is 3.47. The van der Waals surface area contributed by atoms with Crippen LogP contribution in [-0.2, 0) is 16.0 Å². The van der Waals surface area contributed by atoms with Gasteiger partial charge in [-0.05, 0) is 51.0 Å². The number of aliphatic hydroxyl groups is 1. The average molecular weight is 364 g/mol. The minimum Gasteiger partial charge on any atom is -0.783 e. The molecule has 1 aromatic carbocycles. The van der Waals surface area contributed by atoms with Crippen molar-refractivity contribution in [2.45, 2.75) is 46.1 Å². The molecule has 1 heterocycles. The fraction of sp³-hybridized carbons (Fsp3) is 0.474. The van der Waals surface area contributed by atoms with Crippen LogP contribution in [0.3, 0.4) is 0 Å². The summed E-state index contributed by atoms with van der Waals surface area (Å²) in [6, 6.07) is 11.6. The van der Waals surface area contributed by atoms with Gasteiger partial charge in [0.1, 0.15) is 0 Å². The maximum Gasteiger partial charge on any atom is 0.190 e. The van der Waals surface area contributed by atoms with Gasteiger partial charge in [-0.25, -0.2) is 0 Å². The Balaban J connectivity index is 2.12. The van der Waals surface area contributed by atoms with Crippen LogP contribution in [0.5, 0.6) is 0 Å². The van der Waals surface area contributed by atoms with Gasteiger partial charge in [-0.15, -0.1) is 11.3 Å². The van der Waals surface area contributed by atoms with Crippen molar-refractivity contribution in [3.05, 3.63) is 52.0 Å². The first-order valence-corrected chi connectivity index (χ1v) is 9.15. The van der Waals surface area contributed by atoms with Crippen molar-refractivity contribution in [1.29, 1.82) is 0 Å². The van der Waals surface area contributed by atoms with Gasteiger partial charge < -0.3 is 24.9 Å². The van der Waals surface area contributed by atoms with Crippen LogP contribution >= 0.6 is 11.3 Å². The molecule has 1 aromatic heterocycles. The predicted molar refractivity (Wildman–Crippen MR) is 101 cm³/mol. The van der Waals surface area contributed by atoms with Crippen molar-refractivity contribution >= 4 is 11.3 Å². The average Bonchev–Trinajstić information content (AvgIpc) is 3.03. The molecule has 0 aliphatic heterocycles. The van der Waals surface area contributed by atoms with Crippen molar-refractivity contribution in [2.75, 3.05) is 13.3 Å². The molecule has 0 amide bonds. The Labute approximate surface area is 153 Å². The Morgan fingerprint density at radius 2 is 1.92 bits per heavy atom. The molecule has 6 heteroatoms. The van der Waals surface area contributed by atoms with Gasteiger partial charge in [-0.2, -0.15) is 0 Å². The number of aliphatic hydroxyl groups excluding tert-OH is 1. The topological polar surface area (TPSA) is 65.0 Å². The van der Waals surface area contributed by atoms with Crippen molar-refractivity contribution in [1.82, 2.24) is 5.06 Å². The molecule has 5 nitrogen and oxygen atoms in total. The molecule has 0 spiro atoms. The summed E-state index contributed by atoms with van der Waals surface area (Å²) in [4.78, 5) is 1.75. The van der Waals surface area contributed by atoms with E-state index in [1.807, 2.05) is 64.1 Å². The van der Waals surface area contributed by atoms with Gasteiger partial charge in [0.25, 0.3) is 0 Å². The summed E-state index contributed by atoms with van der Waals surface area (Å²) in [7, 11) is 0. The third kappa shape index (κ3) is 6.18. The summed E-state index contributed by atoms with van der Waals surface area (Å²) in [5.41, 5.74) is 1.56. The molecule has 1 unspecified atom stereocenters. The van der Waals surface area contributed by atoms with Crippen molar-refractivity contribution in [3.8, 4) is 10.4 Å². The maximum atomic E-state index is 12.2. The van der Waals surface area contributed by atoms with E-state index in [1.165, 1.54) is 11.3 Å². The van der Waals surface area contributed by atoms with Gasteiger partial charge in [-0.1, -0.05) is 24.3 Å². The minimum atomic E-state index is -0.910. The number of hydrogen-bond acceptors (Lipinski definition) is 6. The van der Waals surface area contributed by atoms with Crippen LogP contribution in [0.15, 0.2) is 36.4 Å². The van der Waals surface area contributed by atoms with Gasteiger partial charge in [-0.3, -0.25) is 0 Å². The highest BCUT2D eigenvalue weighted by molar-refractivity contribution is 7.15. The van der Waals surface area contributed by atoms with E-state index in [0.29, 0.717) is 6.61 Å². The van der Waals surface area contributed by atoms with Crippen LogP contribution in [0.1, 0.15) is 44.4 Å². The monoisotopic (exact) mass is 364 g/mol. The summed E-state index contributed by atoms with van der Waals surface area (Å²) in [6.45, 7) is 8.33. The lowest BCUT2D eigenvalue weighted by Crippen LogP contribution is -2.28. The second-order valence-corrected chi connectivity index (χ2v) is 7.81. The SMILES string of the molecule is CCOC(O)c1ccc(-c2ccccc2CN([O-])COC(C)(C)C)s1. The Morgan fingerprint density at radius 1 is 1.20 bits per heavy atom. The first-order valence-electron chi connectivity index (χ1n) is 8.34. The first kappa shape index (κ1) is 20.0. The number of hydroxylamine groups is 2. The molecular weight excluding hydrogens is 338 g/mol. The zero-order chi connectivity index (χ0) is 18.4. The molecule has 0 saturated carbocycles. The van der Waals surface area contributed by atoms with E-state index in [4.69, 9.17) is 9.47 Å². The number of rotatable bonds is 8. The van der Waals surface area contributed by atoms with E-state index in [0.717, 1.165) is 25.9 Å². The number of nitrogens with zero attached hydrogens (tertiary/aromatic N) is 1. The molecular formula is C19H26NO4S-. The lowest BCUT2D eigenvalue weighted by atomic mass is 10.1. The maximum absolute atomic E-state index is 12.2. The van der Waals surface area contributed by atoms with Crippen LogP contribution in [0, 0.1) is 5.21 Å². The molecule has 0 aliphatic carbocycles. The Kier molecular flexibility index (Phi) is 7.13. The van der Waals surface area contributed by atoms with Crippen LogP contribution in [0.4, 0.5) is 0 Å². The fourth-order valence-electron chi connectivity index (χ4n) is 2.27. The van der Waals surface area contributed by atoms with E-state index in [2.05, 4.69) is 0 Å². The van der Waals surface area contributed by atoms with E-state index in [-0.39, 0.29) is 18.9 Å². The second kappa shape index (κ2) is 8.89. The molecule has 0 saturated heterocycles. The third-order valence-corrected chi connectivity index (χ3v) is 4.62. The zero-order valence-corrected chi connectivity index (χ0v) is 16.0. The molecule has 0 radical (unpaired) electrons. The van der Waals surface area contributed by atoms with Crippen LogP contribution in [-0.4, -0.2) is 29.1 Å². The van der Waals surface area contributed by atoms with Crippen molar-refractivity contribution in [3.63, 3.8) is 0 Å². The summed E-state index contributed by atoms with van der Waals surface area (Å²) in [6.07, 6.45) is -0.910. The van der Waals surface area contributed by atoms with Gasteiger partial charge in [0.15, 0.2) is 6.29 Å². The molecule has 0 bridgehead atoms. The Hall–Kier alpha value is -1.28. The Bertz CT molecular complexity index is 665. The lowest BCUT2D eigenvalue weighted by Gasteiger charge is -2.32. The molecule has 2 rings (SSSR count). The van der Waals surface area contributed by atoms with E-state index in [1.54, 1.807) is 0 Å². The van der Waals surface area contributed by atoms with Gasteiger partial charge in [0, 0.05) is 18.0 Å². The molecule has 25 heavy (non-hydrogen) atoms. The van der Waals surface area contributed by atoms with Crippen LogP contribution in [0.25, 0.3) is 10.4 Å². The smallest absolute Gasteiger partial charge is 0.190 e. The second-order valence-electron chi connectivity index (χ2n) is 6.69. The van der Waals surface area contributed by atoms with E-state index >= 15 is 0 Å². The van der Waals surface area contributed by atoms with Crippen molar-refractivity contribution < 1.29 is 14.6 Å². The molecule has 138 valence electrons. The highest BCUT2D eigenvalue weighted by Gasteiger charge is 2.14. The van der Waals surface area contributed by atoms with Gasteiger partial charge >= 0.3 is 0 Å². The summed E-state index contributed by atoms with van der Waals surface area (Å²) < 4.78 is 10.8. The first-order chi connectivity index (χ1) is 11.8. The highest BCUT2D eigenvalue weighted by atomic mass is 32.1. The molecule has 1 N–H and O–H groups in total. The Morgan fingerprint density at radius 3 is 2.60 bits per heavy atom. The normalized spacial score (nSPS) is 13.4. The number of hydrogen-bond donors (Lipinski definition) is 1. The molecule has 0 fully saturated rings. The summed E-state index contributed by atoms with van der Waals surface area (Å²) >= 11 is 1.47. The van der Waals surface area contributed by atoms with Crippen LogP contribution < -0.4 is 0 Å². The zero-order valence-electron chi connectivity index (χ0n) is 15.2. The molecule has 0 aliphatic rings. The van der Waals surface area contributed by atoms with Crippen molar-refractivity contribution in [2.24, 2.45) is 0 Å². The minimum absolute atomic E-state index is 0.0244.